The molecule has 2 aromatic rings. The van der Waals surface area contributed by atoms with Gasteiger partial charge in [-0.05, 0) is 31.2 Å². The highest BCUT2D eigenvalue weighted by Gasteiger charge is 2.27. The molecule has 21 heavy (non-hydrogen) atoms. The van der Waals surface area contributed by atoms with Crippen LogP contribution in [0, 0.1) is 0 Å². The fraction of sp³-hybridized carbons (Fsp3) is 0.294. The second-order valence-electron chi connectivity index (χ2n) is 5.49. The zero-order valence-corrected chi connectivity index (χ0v) is 12.3. The van der Waals surface area contributed by atoms with Crippen LogP contribution in [0.3, 0.4) is 0 Å². The summed E-state index contributed by atoms with van der Waals surface area (Å²) in [6, 6.07) is 13.0. The van der Waals surface area contributed by atoms with E-state index in [1.54, 1.807) is 18.2 Å². The molecular formula is C17H20N2O2. The quantitative estimate of drug-likeness (QED) is 0.889. The minimum Gasteiger partial charge on any atom is -0.507 e. The lowest BCUT2D eigenvalue weighted by Crippen LogP contribution is -2.40. The van der Waals surface area contributed by atoms with E-state index in [1.807, 2.05) is 19.1 Å². The Bertz CT molecular complexity index is 637. The van der Waals surface area contributed by atoms with Gasteiger partial charge in [0.05, 0.1) is 23.0 Å². The van der Waals surface area contributed by atoms with Crippen molar-refractivity contribution in [2.24, 2.45) is 0 Å². The van der Waals surface area contributed by atoms with Crippen molar-refractivity contribution in [1.29, 1.82) is 0 Å². The third-order valence-corrected chi connectivity index (χ3v) is 4.22. The number of nitrogens with zero attached hydrogens (tertiary/aromatic N) is 2. The highest BCUT2D eigenvalue weighted by Crippen LogP contribution is 2.41. The number of benzene rings is 2. The summed E-state index contributed by atoms with van der Waals surface area (Å²) in [5.74, 6) is 0.276. The summed E-state index contributed by atoms with van der Waals surface area (Å²) >= 11 is 0. The van der Waals surface area contributed by atoms with Crippen molar-refractivity contribution in [1.82, 2.24) is 0 Å². The van der Waals surface area contributed by atoms with Crippen LogP contribution in [0.5, 0.6) is 11.5 Å². The maximum Gasteiger partial charge on any atom is 0.124 e. The van der Waals surface area contributed by atoms with Gasteiger partial charge in [0.15, 0.2) is 0 Å². The topological polar surface area (TPSA) is 46.9 Å². The van der Waals surface area contributed by atoms with Crippen LogP contribution in [0.25, 0.3) is 0 Å². The molecule has 110 valence electrons. The van der Waals surface area contributed by atoms with Crippen molar-refractivity contribution >= 4 is 11.4 Å². The molecule has 1 unspecified atom stereocenters. The standard InChI is InChI=1S/C17H20N2O2/c1-12(17-15(20)8-5-9-16(17)21)19-11-10-18(2)13-6-3-4-7-14(13)19/h3-9,12,20-21H,10-11H2,1-2H3. The molecule has 1 aliphatic rings. The van der Waals surface area contributed by atoms with E-state index in [9.17, 15) is 10.2 Å². The number of para-hydroxylation sites is 2. The Morgan fingerprint density at radius 1 is 0.905 bits per heavy atom. The third-order valence-electron chi connectivity index (χ3n) is 4.22. The first kappa shape index (κ1) is 13.6. The Balaban J connectivity index is 2.03. The van der Waals surface area contributed by atoms with E-state index in [2.05, 4.69) is 29.0 Å². The number of rotatable bonds is 2. The number of hydrogen-bond donors (Lipinski definition) is 2. The van der Waals surface area contributed by atoms with E-state index in [0.717, 1.165) is 18.8 Å². The van der Waals surface area contributed by atoms with Crippen LogP contribution < -0.4 is 9.80 Å². The Labute approximate surface area is 124 Å². The van der Waals surface area contributed by atoms with E-state index < -0.39 is 0 Å². The van der Waals surface area contributed by atoms with Crippen LogP contribution >= 0.6 is 0 Å². The Hall–Kier alpha value is -2.36. The van der Waals surface area contributed by atoms with Gasteiger partial charge in [-0.3, -0.25) is 0 Å². The first-order valence-corrected chi connectivity index (χ1v) is 7.17. The lowest BCUT2D eigenvalue weighted by atomic mass is 10.0. The molecule has 0 bridgehead atoms. The first-order valence-electron chi connectivity index (χ1n) is 7.17. The van der Waals surface area contributed by atoms with Crippen molar-refractivity contribution in [2.45, 2.75) is 13.0 Å². The van der Waals surface area contributed by atoms with E-state index >= 15 is 0 Å². The Morgan fingerprint density at radius 3 is 2.19 bits per heavy atom. The number of anilines is 2. The Kier molecular flexibility index (Phi) is 3.37. The van der Waals surface area contributed by atoms with Crippen molar-refractivity contribution in [3.63, 3.8) is 0 Å². The smallest absolute Gasteiger partial charge is 0.124 e. The average Bonchev–Trinajstić information content (AvgIpc) is 2.47. The minimum absolute atomic E-state index is 0.0963. The van der Waals surface area contributed by atoms with Crippen LogP contribution in [-0.2, 0) is 0 Å². The molecule has 0 spiro atoms. The van der Waals surface area contributed by atoms with Crippen LogP contribution in [0.2, 0.25) is 0 Å². The molecule has 0 fully saturated rings. The van der Waals surface area contributed by atoms with E-state index in [0.29, 0.717) is 5.56 Å². The molecular weight excluding hydrogens is 264 g/mol. The summed E-state index contributed by atoms with van der Waals surface area (Å²) in [6.07, 6.45) is 0. The van der Waals surface area contributed by atoms with Gasteiger partial charge in [0.1, 0.15) is 11.5 Å². The van der Waals surface area contributed by atoms with Crippen LogP contribution in [0.1, 0.15) is 18.5 Å². The van der Waals surface area contributed by atoms with Gasteiger partial charge in [0, 0.05) is 20.1 Å². The molecule has 0 saturated heterocycles. The number of aromatic hydroxyl groups is 2. The Morgan fingerprint density at radius 2 is 1.52 bits per heavy atom. The fourth-order valence-corrected chi connectivity index (χ4v) is 3.06. The van der Waals surface area contributed by atoms with Crippen LogP contribution in [-0.4, -0.2) is 30.4 Å². The summed E-state index contributed by atoms with van der Waals surface area (Å²) in [5.41, 5.74) is 2.88. The lowest BCUT2D eigenvalue weighted by molar-refractivity contribution is 0.427. The molecule has 2 aromatic carbocycles. The molecule has 0 amide bonds. The molecule has 0 radical (unpaired) electrons. The third kappa shape index (κ3) is 2.27. The fourth-order valence-electron chi connectivity index (χ4n) is 3.06. The summed E-state index contributed by atoms with van der Waals surface area (Å²) in [5, 5.41) is 20.2. The normalized spacial score (nSPS) is 15.7. The monoisotopic (exact) mass is 284 g/mol. The van der Waals surface area contributed by atoms with Gasteiger partial charge >= 0.3 is 0 Å². The van der Waals surface area contributed by atoms with Crippen LogP contribution in [0.15, 0.2) is 42.5 Å². The summed E-state index contributed by atoms with van der Waals surface area (Å²) in [4.78, 5) is 4.45. The van der Waals surface area contributed by atoms with Gasteiger partial charge in [0.25, 0.3) is 0 Å². The first-order chi connectivity index (χ1) is 10.1. The lowest BCUT2D eigenvalue weighted by Gasteiger charge is -2.40. The van der Waals surface area contributed by atoms with E-state index in [4.69, 9.17) is 0 Å². The van der Waals surface area contributed by atoms with Gasteiger partial charge in [-0.15, -0.1) is 0 Å². The summed E-state index contributed by atoms with van der Waals surface area (Å²) in [7, 11) is 2.08. The maximum atomic E-state index is 10.1. The molecule has 2 N–H and O–H groups in total. The molecule has 4 nitrogen and oxygen atoms in total. The molecule has 0 saturated carbocycles. The zero-order valence-electron chi connectivity index (χ0n) is 12.3. The molecule has 0 aliphatic carbocycles. The predicted molar refractivity (Wildman–Crippen MR) is 85.2 cm³/mol. The van der Waals surface area contributed by atoms with Crippen molar-refractivity contribution < 1.29 is 10.2 Å². The van der Waals surface area contributed by atoms with Crippen molar-refractivity contribution in [3.8, 4) is 11.5 Å². The zero-order chi connectivity index (χ0) is 15.0. The molecule has 1 atom stereocenters. The highest BCUT2D eigenvalue weighted by molar-refractivity contribution is 5.74. The van der Waals surface area contributed by atoms with Crippen LogP contribution in [0.4, 0.5) is 11.4 Å². The van der Waals surface area contributed by atoms with E-state index in [-0.39, 0.29) is 17.5 Å². The summed E-state index contributed by atoms with van der Waals surface area (Å²) < 4.78 is 0. The number of phenolic OH excluding ortho intramolecular Hbond substituents is 2. The molecule has 3 rings (SSSR count). The SMILES string of the molecule is CC(c1c(O)cccc1O)N1CCN(C)c2ccccc21. The number of hydrogen-bond acceptors (Lipinski definition) is 4. The average molecular weight is 284 g/mol. The number of likely N-dealkylation sites (N-methyl/N-ethyl adjacent to an activating group) is 1. The van der Waals surface area contributed by atoms with Gasteiger partial charge < -0.3 is 20.0 Å². The number of phenols is 2. The second-order valence-corrected chi connectivity index (χ2v) is 5.49. The largest absolute Gasteiger partial charge is 0.507 e. The van der Waals surface area contributed by atoms with E-state index in [1.165, 1.54) is 5.69 Å². The summed E-state index contributed by atoms with van der Waals surface area (Å²) in [6.45, 7) is 3.77. The van der Waals surface area contributed by atoms with Crippen molar-refractivity contribution in [3.05, 3.63) is 48.0 Å². The minimum atomic E-state index is -0.0963. The van der Waals surface area contributed by atoms with Gasteiger partial charge in [-0.25, -0.2) is 0 Å². The maximum absolute atomic E-state index is 10.1. The van der Waals surface area contributed by atoms with Crippen molar-refractivity contribution in [2.75, 3.05) is 29.9 Å². The van der Waals surface area contributed by atoms with Gasteiger partial charge in [0.2, 0.25) is 0 Å². The molecule has 1 heterocycles. The predicted octanol–water partition coefficient (Wildman–Crippen LogP) is 3.12. The molecule has 1 aliphatic heterocycles. The highest BCUT2D eigenvalue weighted by atomic mass is 16.3. The van der Waals surface area contributed by atoms with Gasteiger partial charge in [-0.1, -0.05) is 18.2 Å². The molecule has 0 aromatic heterocycles. The number of fused-ring (bicyclic) bond motifs is 1. The second kappa shape index (κ2) is 5.20. The molecule has 4 heteroatoms. The van der Waals surface area contributed by atoms with Gasteiger partial charge in [-0.2, -0.15) is 0 Å².